The number of fused-ring (bicyclic) bond motifs is 2. The van der Waals surface area contributed by atoms with E-state index in [0.29, 0.717) is 0 Å². The van der Waals surface area contributed by atoms with E-state index in [1.165, 1.54) is 10.6 Å². The Balaban J connectivity index is 1.89. The zero-order chi connectivity index (χ0) is 15.3. The second-order valence-electron chi connectivity index (χ2n) is 5.43. The summed E-state index contributed by atoms with van der Waals surface area (Å²) in [5.74, 6) is 0.171. The van der Waals surface area contributed by atoms with Crippen molar-refractivity contribution >= 4 is 32.5 Å². The van der Waals surface area contributed by atoms with E-state index in [1.54, 1.807) is 11.8 Å². The van der Waals surface area contributed by atoms with Crippen molar-refractivity contribution in [2.45, 2.75) is 17.5 Å². The number of allylic oxidation sites excluding steroid dienone is 1. The van der Waals surface area contributed by atoms with Crippen molar-refractivity contribution in [2.24, 2.45) is 0 Å². The van der Waals surface area contributed by atoms with Crippen molar-refractivity contribution in [3.63, 3.8) is 0 Å². The van der Waals surface area contributed by atoms with Crippen LogP contribution in [0.4, 0.5) is 5.69 Å². The highest BCUT2D eigenvalue weighted by molar-refractivity contribution is 8.03. The van der Waals surface area contributed by atoms with Gasteiger partial charge in [0.15, 0.2) is 5.78 Å². The van der Waals surface area contributed by atoms with Crippen LogP contribution >= 0.6 is 21.0 Å². The molecule has 4 heteroatoms. The molecular formula is C18H16NOPS. The lowest BCUT2D eigenvalue weighted by molar-refractivity contribution is 0.103. The monoisotopic (exact) mass is 325 g/mol. The Morgan fingerprint density at radius 2 is 1.86 bits per heavy atom. The van der Waals surface area contributed by atoms with Crippen LogP contribution in [-0.2, 0) is 0 Å². The number of anilines is 1. The van der Waals surface area contributed by atoms with Crippen LogP contribution in [0.3, 0.4) is 0 Å². The predicted molar refractivity (Wildman–Crippen MR) is 95.6 cm³/mol. The van der Waals surface area contributed by atoms with Crippen molar-refractivity contribution in [1.82, 2.24) is 0 Å². The summed E-state index contributed by atoms with van der Waals surface area (Å²) in [4.78, 5) is 16.4. The lowest BCUT2D eigenvalue weighted by Crippen LogP contribution is -2.19. The fraction of sp³-hybridized carbons (Fsp3) is 0.167. The van der Waals surface area contributed by atoms with Crippen molar-refractivity contribution < 1.29 is 4.79 Å². The lowest BCUT2D eigenvalue weighted by atomic mass is 10.1. The summed E-state index contributed by atoms with van der Waals surface area (Å²) in [6.07, 6.45) is 0. The van der Waals surface area contributed by atoms with Crippen LogP contribution in [0, 0.1) is 0 Å². The predicted octanol–water partition coefficient (Wildman–Crippen LogP) is 4.64. The molecule has 2 atom stereocenters. The third-order valence-corrected chi connectivity index (χ3v) is 6.14. The van der Waals surface area contributed by atoms with Gasteiger partial charge < -0.3 is 4.90 Å². The molecule has 0 amide bonds. The summed E-state index contributed by atoms with van der Waals surface area (Å²) in [7, 11) is 2.85. The zero-order valence-corrected chi connectivity index (χ0v) is 14.2. The smallest absolute Gasteiger partial charge is 0.192 e. The third kappa shape index (κ3) is 1.89. The Bertz CT molecular complexity index is 814. The lowest BCUT2D eigenvalue weighted by Gasteiger charge is -2.21. The summed E-state index contributed by atoms with van der Waals surface area (Å²) < 4.78 is 0. The summed E-state index contributed by atoms with van der Waals surface area (Å²) in [6, 6.07) is 16.3. The third-order valence-electron chi connectivity index (χ3n) is 4.25. The SMILES string of the molecule is CCN1C(=C2C(=O)c3ccccc3C2P)Sc2ccccc21. The molecule has 0 N–H and O–H groups in total. The van der Waals surface area contributed by atoms with Crippen molar-refractivity contribution in [1.29, 1.82) is 0 Å². The molecule has 1 heterocycles. The van der Waals surface area contributed by atoms with Gasteiger partial charge in [0.05, 0.1) is 10.7 Å². The molecule has 22 heavy (non-hydrogen) atoms. The maximum atomic E-state index is 12.9. The van der Waals surface area contributed by atoms with E-state index in [1.807, 2.05) is 18.2 Å². The largest absolute Gasteiger partial charge is 0.335 e. The molecule has 0 fully saturated rings. The molecule has 2 aromatic rings. The average molecular weight is 325 g/mol. The van der Waals surface area contributed by atoms with Crippen LogP contribution in [0.15, 0.2) is 64.0 Å². The quantitative estimate of drug-likeness (QED) is 0.562. The number of nitrogens with zero attached hydrogens (tertiary/aromatic N) is 1. The average Bonchev–Trinajstić information content (AvgIpc) is 3.03. The highest BCUT2D eigenvalue weighted by Gasteiger charge is 2.38. The summed E-state index contributed by atoms with van der Waals surface area (Å²) in [5, 5.41) is 1.09. The number of rotatable bonds is 1. The molecule has 0 aromatic heterocycles. The Morgan fingerprint density at radius 1 is 1.14 bits per heavy atom. The topological polar surface area (TPSA) is 20.3 Å². The van der Waals surface area contributed by atoms with Gasteiger partial charge in [0.25, 0.3) is 0 Å². The van der Waals surface area contributed by atoms with Gasteiger partial charge in [-0.1, -0.05) is 48.2 Å². The Kier molecular flexibility index (Phi) is 3.36. The zero-order valence-electron chi connectivity index (χ0n) is 12.2. The van der Waals surface area contributed by atoms with Gasteiger partial charge in [0.1, 0.15) is 0 Å². The second-order valence-corrected chi connectivity index (χ2v) is 7.12. The van der Waals surface area contributed by atoms with E-state index in [4.69, 9.17) is 0 Å². The molecule has 0 saturated heterocycles. The molecule has 0 spiro atoms. The van der Waals surface area contributed by atoms with Crippen LogP contribution in [0.5, 0.6) is 0 Å². The van der Waals surface area contributed by atoms with Crippen LogP contribution in [0.1, 0.15) is 28.5 Å². The molecule has 110 valence electrons. The molecule has 0 saturated carbocycles. The summed E-state index contributed by atoms with van der Waals surface area (Å²) in [5.41, 5.74) is 4.16. The molecule has 0 radical (unpaired) electrons. The number of benzene rings is 2. The first-order valence-electron chi connectivity index (χ1n) is 7.40. The van der Waals surface area contributed by atoms with E-state index in [2.05, 4.69) is 51.4 Å². The first kappa shape index (κ1) is 14.0. The molecular weight excluding hydrogens is 309 g/mol. The highest BCUT2D eigenvalue weighted by atomic mass is 32.2. The Labute approximate surface area is 136 Å². The minimum Gasteiger partial charge on any atom is -0.335 e. The highest BCUT2D eigenvalue weighted by Crippen LogP contribution is 2.52. The van der Waals surface area contributed by atoms with Gasteiger partial charge in [-0.2, -0.15) is 0 Å². The summed E-state index contributed by atoms with van der Waals surface area (Å²) >= 11 is 1.72. The minimum atomic E-state index is 0.0783. The minimum absolute atomic E-state index is 0.0783. The maximum Gasteiger partial charge on any atom is 0.192 e. The van der Waals surface area contributed by atoms with Gasteiger partial charge in [-0.3, -0.25) is 4.79 Å². The number of carbonyl (C=O) groups is 1. The maximum absolute atomic E-state index is 12.9. The number of para-hydroxylation sites is 1. The molecule has 2 nitrogen and oxygen atoms in total. The second kappa shape index (κ2) is 5.26. The van der Waals surface area contributed by atoms with Crippen molar-refractivity contribution in [2.75, 3.05) is 11.4 Å². The van der Waals surface area contributed by atoms with Gasteiger partial charge >= 0.3 is 0 Å². The number of carbonyl (C=O) groups excluding carboxylic acids is 1. The molecule has 1 aliphatic carbocycles. The molecule has 2 aliphatic rings. The number of Topliss-reactive ketones (excluding diaryl/α,β-unsaturated/α-hetero) is 1. The molecule has 0 bridgehead atoms. The van der Waals surface area contributed by atoms with Crippen LogP contribution < -0.4 is 4.90 Å². The molecule has 1 aliphatic heterocycles. The van der Waals surface area contributed by atoms with Gasteiger partial charge in [-0.15, -0.1) is 9.24 Å². The van der Waals surface area contributed by atoms with Gasteiger partial charge in [-0.05, 0) is 24.6 Å². The van der Waals surface area contributed by atoms with Crippen molar-refractivity contribution in [3.8, 4) is 0 Å². The molecule has 4 rings (SSSR count). The van der Waals surface area contributed by atoms with E-state index < -0.39 is 0 Å². The van der Waals surface area contributed by atoms with Crippen LogP contribution in [0.2, 0.25) is 0 Å². The van der Waals surface area contributed by atoms with E-state index in [0.717, 1.165) is 28.3 Å². The van der Waals surface area contributed by atoms with Crippen LogP contribution in [-0.4, -0.2) is 12.3 Å². The Hall–Kier alpha value is -1.57. The number of ketones is 1. The fourth-order valence-electron chi connectivity index (χ4n) is 3.20. The van der Waals surface area contributed by atoms with E-state index in [-0.39, 0.29) is 11.4 Å². The Morgan fingerprint density at radius 3 is 2.64 bits per heavy atom. The first-order chi connectivity index (χ1) is 10.7. The standard InChI is InChI=1S/C18H16NOPS/c1-2-19-13-9-5-6-10-14(13)22-18(19)15-16(20)11-7-3-4-8-12(11)17(15)21/h3-10,17H,2,21H2,1H3. The number of hydrogen-bond donors (Lipinski definition) is 0. The molecule has 2 aromatic carbocycles. The number of hydrogen-bond acceptors (Lipinski definition) is 3. The van der Waals surface area contributed by atoms with Gasteiger partial charge in [-0.25, -0.2) is 0 Å². The van der Waals surface area contributed by atoms with E-state index >= 15 is 0 Å². The van der Waals surface area contributed by atoms with Gasteiger partial charge in [0.2, 0.25) is 0 Å². The number of thioether (sulfide) groups is 1. The van der Waals surface area contributed by atoms with E-state index in [9.17, 15) is 4.79 Å². The van der Waals surface area contributed by atoms with Crippen molar-refractivity contribution in [3.05, 3.63) is 70.3 Å². The fourth-order valence-corrected chi connectivity index (χ4v) is 5.22. The molecule has 2 unspecified atom stereocenters. The van der Waals surface area contributed by atoms with Crippen LogP contribution in [0.25, 0.3) is 0 Å². The first-order valence-corrected chi connectivity index (χ1v) is 8.88. The normalized spacial score (nSPS) is 22.9. The van der Waals surface area contributed by atoms with Gasteiger partial charge in [0, 0.05) is 28.2 Å². The summed E-state index contributed by atoms with van der Waals surface area (Å²) in [6.45, 7) is 3.00.